The Morgan fingerprint density at radius 3 is 2.46 bits per heavy atom. The highest BCUT2D eigenvalue weighted by molar-refractivity contribution is 7.19. The van der Waals surface area contributed by atoms with E-state index in [1.165, 1.54) is 11.3 Å². The molecular formula is C10H7ClOS. The summed E-state index contributed by atoms with van der Waals surface area (Å²) in [6.45, 7) is 0. The predicted octanol–water partition coefficient (Wildman–Crippen LogP) is 3.77. The minimum atomic E-state index is 0.293. The summed E-state index contributed by atoms with van der Waals surface area (Å²) in [6, 6.07) is 11.0. The molecule has 0 fully saturated rings. The van der Waals surface area contributed by atoms with Gasteiger partial charge < -0.3 is 5.11 Å². The summed E-state index contributed by atoms with van der Waals surface area (Å²) in [7, 11) is 0. The molecule has 0 bridgehead atoms. The van der Waals surface area contributed by atoms with Gasteiger partial charge in [0.15, 0.2) is 0 Å². The van der Waals surface area contributed by atoms with Crippen LogP contribution < -0.4 is 0 Å². The van der Waals surface area contributed by atoms with E-state index in [1.807, 2.05) is 24.3 Å². The van der Waals surface area contributed by atoms with Crippen LogP contribution in [0.3, 0.4) is 0 Å². The van der Waals surface area contributed by atoms with Crippen LogP contribution in [0, 0.1) is 0 Å². The average molecular weight is 211 g/mol. The molecule has 0 aliphatic carbocycles. The maximum absolute atomic E-state index is 9.54. The van der Waals surface area contributed by atoms with E-state index in [1.54, 1.807) is 12.1 Å². The molecule has 0 saturated carbocycles. The van der Waals surface area contributed by atoms with Gasteiger partial charge in [-0.05, 0) is 24.3 Å². The number of phenolic OH excluding ortho intramolecular Hbond substituents is 1. The van der Waals surface area contributed by atoms with Crippen molar-refractivity contribution >= 4 is 22.9 Å². The van der Waals surface area contributed by atoms with Crippen molar-refractivity contribution < 1.29 is 5.11 Å². The van der Waals surface area contributed by atoms with Gasteiger partial charge in [-0.15, -0.1) is 11.3 Å². The van der Waals surface area contributed by atoms with Crippen LogP contribution in [0.2, 0.25) is 4.34 Å². The molecule has 0 amide bonds. The van der Waals surface area contributed by atoms with Crippen molar-refractivity contribution in [1.82, 2.24) is 0 Å². The fraction of sp³-hybridized carbons (Fsp3) is 0. The number of phenols is 1. The number of hydrogen-bond donors (Lipinski definition) is 1. The minimum absolute atomic E-state index is 0.293. The molecule has 0 aliphatic rings. The van der Waals surface area contributed by atoms with Crippen LogP contribution in [-0.2, 0) is 0 Å². The average Bonchev–Trinajstić information content (AvgIpc) is 2.53. The van der Waals surface area contributed by atoms with Crippen LogP contribution in [0.1, 0.15) is 0 Å². The molecule has 0 atom stereocenters. The van der Waals surface area contributed by atoms with Gasteiger partial charge in [-0.25, -0.2) is 0 Å². The van der Waals surface area contributed by atoms with Crippen molar-refractivity contribution in [3.63, 3.8) is 0 Å². The highest BCUT2D eigenvalue weighted by atomic mass is 35.5. The number of hydrogen-bond acceptors (Lipinski definition) is 2. The second kappa shape index (κ2) is 3.40. The second-order valence-corrected chi connectivity index (χ2v) is 4.34. The minimum Gasteiger partial charge on any atom is -0.507 e. The van der Waals surface area contributed by atoms with Gasteiger partial charge in [-0.2, -0.15) is 0 Å². The number of halogens is 1. The zero-order chi connectivity index (χ0) is 9.26. The van der Waals surface area contributed by atoms with E-state index in [2.05, 4.69) is 0 Å². The first-order chi connectivity index (χ1) is 6.27. The summed E-state index contributed by atoms with van der Waals surface area (Å²) >= 11 is 7.26. The van der Waals surface area contributed by atoms with Gasteiger partial charge in [-0.1, -0.05) is 23.7 Å². The molecule has 1 aromatic heterocycles. The van der Waals surface area contributed by atoms with Gasteiger partial charge in [0.2, 0.25) is 0 Å². The van der Waals surface area contributed by atoms with E-state index in [-0.39, 0.29) is 0 Å². The fourth-order valence-corrected chi connectivity index (χ4v) is 2.22. The van der Waals surface area contributed by atoms with Crippen LogP contribution in [-0.4, -0.2) is 5.11 Å². The summed E-state index contributed by atoms with van der Waals surface area (Å²) in [5.41, 5.74) is 0.833. The van der Waals surface area contributed by atoms with Crippen LogP contribution >= 0.6 is 22.9 Å². The Morgan fingerprint density at radius 1 is 1.08 bits per heavy atom. The lowest BCUT2D eigenvalue weighted by molar-refractivity contribution is 0.477. The SMILES string of the molecule is Oc1ccccc1-c1ccc(Cl)s1. The first kappa shape index (κ1) is 8.60. The summed E-state index contributed by atoms with van der Waals surface area (Å²) in [6.07, 6.45) is 0. The lowest BCUT2D eigenvalue weighted by atomic mass is 10.2. The Bertz CT molecular complexity index is 422. The maximum atomic E-state index is 9.54. The van der Waals surface area contributed by atoms with Crippen LogP contribution in [0.15, 0.2) is 36.4 Å². The zero-order valence-electron chi connectivity index (χ0n) is 6.70. The van der Waals surface area contributed by atoms with Gasteiger partial charge >= 0.3 is 0 Å². The Labute approximate surface area is 85.2 Å². The fourth-order valence-electron chi connectivity index (χ4n) is 1.14. The number of para-hydroxylation sites is 1. The topological polar surface area (TPSA) is 20.2 Å². The Balaban J connectivity index is 2.52. The van der Waals surface area contributed by atoms with Crippen LogP contribution in [0.25, 0.3) is 10.4 Å². The molecule has 0 unspecified atom stereocenters. The van der Waals surface area contributed by atoms with Gasteiger partial charge in [0.05, 0.1) is 4.34 Å². The van der Waals surface area contributed by atoms with Gasteiger partial charge in [-0.3, -0.25) is 0 Å². The third kappa shape index (κ3) is 1.69. The van der Waals surface area contributed by atoms with Crippen molar-refractivity contribution in [2.45, 2.75) is 0 Å². The van der Waals surface area contributed by atoms with Gasteiger partial charge in [0, 0.05) is 10.4 Å². The molecular weight excluding hydrogens is 204 g/mol. The molecule has 1 N–H and O–H groups in total. The molecule has 13 heavy (non-hydrogen) atoms. The molecule has 0 aliphatic heterocycles. The van der Waals surface area contributed by atoms with E-state index >= 15 is 0 Å². The largest absolute Gasteiger partial charge is 0.507 e. The van der Waals surface area contributed by atoms with Gasteiger partial charge in [0.25, 0.3) is 0 Å². The number of benzene rings is 1. The molecule has 0 saturated heterocycles. The Hall–Kier alpha value is -0.990. The standard InChI is InChI=1S/C10H7ClOS/c11-10-6-5-9(13-10)7-3-1-2-4-8(7)12/h1-6,12H. The monoisotopic (exact) mass is 210 g/mol. The maximum Gasteiger partial charge on any atom is 0.124 e. The highest BCUT2D eigenvalue weighted by Gasteiger charge is 2.04. The third-order valence-corrected chi connectivity index (χ3v) is 3.01. The smallest absolute Gasteiger partial charge is 0.124 e. The van der Waals surface area contributed by atoms with Crippen molar-refractivity contribution in [3.8, 4) is 16.2 Å². The molecule has 1 heterocycles. The van der Waals surface area contributed by atoms with Crippen molar-refractivity contribution in [2.24, 2.45) is 0 Å². The van der Waals surface area contributed by atoms with Crippen molar-refractivity contribution in [3.05, 3.63) is 40.7 Å². The Kier molecular flexibility index (Phi) is 2.25. The van der Waals surface area contributed by atoms with E-state index in [0.29, 0.717) is 5.75 Å². The normalized spacial score (nSPS) is 10.2. The van der Waals surface area contributed by atoms with E-state index in [9.17, 15) is 5.11 Å². The van der Waals surface area contributed by atoms with E-state index < -0.39 is 0 Å². The molecule has 0 spiro atoms. The Morgan fingerprint density at radius 2 is 1.85 bits per heavy atom. The molecule has 66 valence electrons. The molecule has 1 nitrogen and oxygen atoms in total. The molecule has 1 aromatic carbocycles. The lowest BCUT2D eigenvalue weighted by Crippen LogP contribution is -1.71. The molecule has 2 rings (SSSR count). The number of thiophene rings is 1. The molecule has 3 heteroatoms. The quantitative estimate of drug-likeness (QED) is 0.760. The highest BCUT2D eigenvalue weighted by Crippen LogP contribution is 2.35. The first-order valence-electron chi connectivity index (χ1n) is 3.81. The molecule has 2 aromatic rings. The van der Waals surface area contributed by atoms with Crippen molar-refractivity contribution in [1.29, 1.82) is 0 Å². The third-order valence-electron chi connectivity index (χ3n) is 1.74. The van der Waals surface area contributed by atoms with Gasteiger partial charge in [0.1, 0.15) is 5.75 Å². The van der Waals surface area contributed by atoms with Crippen LogP contribution in [0.4, 0.5) is 0 Å². The summed E-state index contributed by atoms with van der Waals surface area (Å²) in [4.78, 5) is 0.989. The van der Waals surface area contributed by atoms with Crippen molar-refractivity contribution in [2.75, 3.05) is 0 Å². The second-order valence-electron chi connectivity index (χ2n) is 2.62. The lowest BCUT2D eigenvalue weighted by Gasteiger charge is -1.99. The summed E-state index contributed by atoms with van der Waals surface area (Å²) in [5, 5.41) is 9.54. The van der Waals surface area contributed by atoms with Crippen LogP contribution in [0.5, 0.6) is 5.75 Å². The summed E-state index contributed by atoms with van der Waals surface area (Å²) < 4.78 is 0.734. The molecule has 0 radical (unpaired) electrons. The summed E-state index contributed by atoms with van der Waals surface area (Å²) in [5.74, 6) is 0.293. The first-order valence-corrected chi connectivity index (χ1v) is 5.00. The van der Waals surface area contributed by atoms with E-state index in [4.69, 9.17) is 11.6 Å². The van der Waals surface area contributed by atoms with E-state index in [0.717, 1.165) is 14.8 Å². The zero-order valence-corrected chi connectivity index (χ0v) is 8.27. The predicted molar refractivity (Wildman–Crippen MR) is 56.4 cm³/mol. The number of aromatic hydroxyl groups is 1. The number of rotatable bonds is 1.